The first-order valence-corrected chi connectivity index (χ1v) is 7.76. The lowest BCUT2D eigenvalue weighted by Gasteiger charge is -2.10. The molecule has 0 aliphatic heterocycles. The van der Waals surface area contributed by atoms with E-state index in [-0.39, 0.29) is 5.91 Å². The third kappa shape index (κ3) is 6.17. The van der Waals surface area contributed by atoms with Gasteiger partial charge in [-0.2, -0.15) is 10.1 Å². The van der Waals surface area contributed by atoms with E-state index in [1.165, 1.54) is 6.92 Å². The maximum absolute atomic E-state index is 11.0. The Bertz CT molecular complexity index is 658. The summed E-state index contributed by atoms with van der Waals surface area (Å²) in [6, 6.07) is 7.35. The van der Waals surface area contributed by atoms with Crippen LogP contribution >= 0.6 is 0 Å². The molecule has 3 N–H and O–H groups in total. The monoisotopic (exact) mass is 329 g/mol. The molecule has 2 rings (SSSR count). The van der Waals surface area contributed by atoms with Crippen LogP contribution in [0.3, 0.4) is 0 Å². The third-order valence-corrected chi connectivity index (χ3v) is 3.10. The summed E-state index contributed by atoms with van der Waals surface area (Å²) in [5, 5.41) is 17.0. The lowest BCUT2D eigenvalue weighted by molar-refractivity contribution is -0.114. The number of carbonyl (C=O) groups is 1. The Labute approximate surface area is 141 Å². The topological polar surface area (TPSA) is 95.1 Å². The fraction of sp³-hybridized carbons (Fsp3) is 0.375. The Kier molecular flexibility index (Phi) is 6.44. The predicted molar refractivity (Wildman–Crippen MR) is 95.5 cm³/mol. The zero-order chi connectivity index (χ0) is 17.4. The first kappa shape index (κ1) is 17.6. The molecule has 0 saturated heterocycles. The van der Waals surface area contributed by atoms with Crippen molar-refractivity contribution in [1.82, 2.24) is 20.1 Å². The van der Waals surface area contributed by atoms with Crippen molar-refractivity contribution in [2.24, 2.45) is 0 Å². The number of nitrogens with one attached hydrogen (secondary N) is 3. The van der Waals surface area contributed by atoms with E-state index in [9.17, 15) is 4.79 Å². The zero-order valence-corrected chi connectivity index (χ0v) is 14.2. The Morgan fingerprint density at radius 2 is 1.88 bits per heavy atom. The first-order valence-electron chi connectivity index (χ1n) is 7.76. The van der Waals surface area contributed by atoms with Crippen LogP contribution in [0.15, 0.2) is 30.5 Å². The van der Waals surface area contributed by atoms with Gasteiger partial charge in [-0.3, -0.25) is 4.79 Å². The number of benzene rings is 1. The predicted octanol–water partition coefficient (Wildman–Crippen LogP) is 1.94. The second-order valence-corrected chi connectivity index (χ2v) is 5.63. The molecule has 1 aromatic carbocycles. The number of anilines is 4. The van der Waals surface area contributed by atoms with Gasteiger partial charge >= 0.3 is 0 Å². The van der Waals surface area contributed by atoms with E-state index >= 15 is 0 Å². The first-order chi connectivity index (χ1) is 11.5. The lowest BCUT2D eigenvalue weighted by Crippen LogP contribution is -2.17. The number of carbonyl (C=O) groups excluding carboxylic acids is 1. The molecule has 0 bridgehead atoms. The van der Waals surface area contributed by atoms with Crippen LogP contribution in [0, 0.1) is 0 Å². The standard InChI is InChI=1S/C16H23N7O/c1-12(24)19-13-5-7-14(8-6-13)20-15-11-18-22-16(21-15)17-9-4-10-23(2)3/h5-8,11H,4,9-10H2,1-3H3,(H,19,24)(H2,17,20,21,22). The van der Waals surface area contributed by atoms with Gasteiger partial charge in [0.1, 0.15) is 0 Å². The minimum absolute atomic E-state index is 0.0966. The fourth-order valence-corrected chi connectivity index (χ4v) is 2.02. The molecular formula is C16H23N7O. The van der Waals surface area contributed by atoms with Gasteiger partial charge in [0.2, 0.25) is 11.9 Å². The van der Waals surface area contributed by atoms with Crippen LogP contribution < -0.4 is 16.0 Å². The average Bonchev–Trinajstić information content (AvgIpc) is 2.53. The molecule has 0 aliphatic rings. The van der Waals surface area contributed by atoms with E-state index in [1.54, 1.807) is 6.20 Å². The summed E-state index contributed by atoms with van der Waals surface area (Å²) in [6.45, 7) is 3.26. The van der Waals surface area contributed by atoms with Gasteiger partial charge in [-0.15, -0.1) is 5.10 Å². The van der Waals surface area contributed by atoms with E-state index in [0.29, 0.717) is 11.8 Å². The van der Waals surface area contributed by atoms with E-state index in [4.69, 9.17) is 0 Å². The molecule has 0 atom stereocenters. The minimum Gasteiger partial charge on any atom is -0.353 e. The Morgan fingerprint density at radius 1 is 1.17 bits per heavy atom. The SMILES string of the molecule is CC(=O)Nc1ccc(Nc2cnnc(NCCCN(C)C)n2)cc1. The Hall–Kier alpha value is -2.74. The molecule has 1 amide bonds. The van der Waals surface area contributed by atoms with Crippen molar-refractivity contribution >= 4 is 29.0 Å². The van der Waals surface area contributed by atoms with Gasteiger partial charge in [-0.05, 0) is 51.3 Å². The van der Waals surface area contributed by atoms with Crippen LogP contribution in [-0.4, -0.2) is 53.2 Å². The Morgan fingerprint density at radius 3 is 2.54 bits per heavy atom. The maximum Gasteiger partial charge on any atom is 0.244 e. The molecule has 0 aliphatic carbocycles. The summed E-state index contributed by atoms with van der Waals surface area (Å²) in [5.41, 5.74) is 1.60. The molecule has 8 heteroatoms. The second-order valence-electron chi connectivity index (χ2n) is 5.63. The summed E-state index contributed by atoms with van der Waals surface area (Å²) in [5.74, 6) is 1.00. The maximum atomic E-state index is 11.0. The van der Waals surface area contributed by atoms with Crippen molar-refractivity contribution in [2.75, 3.05) is 43.1 Å². The van der Waals surface area contributed by atoms with Crippen LogP contribution in [0.25, 0.3) is 0 Å². The smallest absolute Gasteiger partial charge is 0.244 e. The van der Waals surface area contributed by atoms with Gasteiger partial charge in [-0.25, -0.2) is 0 Å². The van der Waals surface area contributed by atoms with Crippen LogP contribution in [0.2, 0.25) is 0 Å². The van der Waals surface area contributed by atoms with E-state index < -0.39 is 0 Å². The fourth-order valence-electron chi connectivity index (χ4n) is 2.02. The number of nitrogens with zero attached hydrogens (tertiary/aromatic N) is 4. The number of aromatic nitrogens is 3. The van der Waals surface area contributed by atoms with Crippen molar-refractivity contribution in [3.8, 4) is 0 Å². The van der Waals surface area contributed by atoms with Crippen molar-refractivity contribution in [3.63, 3.8) is 0 Å². The second kappa shape index (κ2) is 8.78. The van der Waals surface area contributed by atoms with E-state index in [2.05, 4.69) is 36.0 Å². The van der Waals surface area contributed by atoms with Crippen LogP contribution in [0.5, 0.6) is 0 Å². The molecule has 0 spiro atoms. The molecular weight excluding hydrogens is 306 g/mol. The molecule has 24 heavy (non-hydrogen) atoms. The largest absolute Gasteiger partial charge is 0.353 e. The molecule has 0 radical (unpaired) electrons. The van der Waals surface area contributed by atoms with Crippen molar-refractivity contribution in [1.29, 1.82) is 0 Å². The van der Waals surface area contributed by atoms with Crippen molar-refractivity contribution < 1.29 is 4.79 Å². The lowest BCUT2D eigenvalue weighted by atomic mass is 10.3. The highest BCUT2D eigenvalue weighted by Crippen LogP contribution is 2.17. The summed E-state index contributed by atoms with van der Waals surface area (Å²) in [4.78, 5) is 17.5. The van der Waals surface area contributed by atoms with E-state index in [1.807, 2.05) is 38.4 Å². The number of hydrogen-bond donors (Lipinski definition) is 3. The van der Waals surface area contributed by atoms with Gasteiger partial charge in [0.25, 0.3) is 0 Å². The number of amides is 1. The molecule has 8 nitrogen and oxygen atoms in total. The van der Waals surface area contributed by atoms with E-state index in [0.717, 1.165) is 30.9 Å². The van der Waals surface area contributed by atoms with Crippen molar-refractivity contribution in [2.45, 2.75) is 13.3 Å². The van der Waals surface area contributed by atoms with Gasteiger partial charge in [-0.1, -0.05) is 0 Å². The molecule has 2 aromatic rings. The van der Waals surface area contributed by atoms with Gasteiger partial charge < -0.3 is 20.9 Å². The quantitative estimate of drug-likeness (QED) is 0.637. The average molecular weight is 329 g/mol. The van der Waals surface area contributed by atoms with Gasteiger partial charge in [0.05, 0.1) is 6.20 Å². The number of rotatable bonds is 8. The highest BCUT2D eigenvalue weighted by atomic mass is 16.1. The summed E-state index contributed by atoms with van der Waals surface area (Å²) >= 11 is 0. The minimum atomic E-state index is -0.0966. The summed E-state index contributed by atoms with van der Waals surface area (Å²) < 4.78 is 0. The van der Waals surface area contributed by atoms with Gasteiger partial charge in [0.15, 0.2) is 5.82 Å². The normalized spacial score (nSPS) is 10.5. The molecule has 0 fully saturated rings. The molecule has 0 saturated carbocycles. The molecule has 1 aromatic heterocycles. The molecule has 1 heterocycles. The Balaban J connectivity index is 1.90. The highest BCUT2D eigenvalue weighted by Gasteiger charge is 2.02. The van der Waals surface area contributed by atoms with Gasteiger partial charge in [0, 0.05) is 24.8 Å². The third-order valence-electron chi connectivity index (χ3n) is 3.10. The summed E-state index contributed by atoms with van der Waals surface area (Å²) in [7, 11) is 4.08. The summed E-state index contributed by atoms with van der Waals surface area (Å²) in [6.07, 6.45) is 2.56. The van der Waals surface area contributed by atoms with Crippen LogP contribution in [0.1, 0.15) is 13.3 Å². The number of hydrogen-bond acceptors (Lipinski definition) is 7. The highest BCUT2D eigenvalue weighted by molar-refractivity contribution is 5.88. The van der Waals surface area contributed by atoms with Crippen LogP contribution in [-0.2, 0) is 4.79 Å². The van der Waals surface area contributed by atoms with Crippen LogP contribution in [0.4, 0.5) is 23.1 Å². The van der Waals surface area contributed by atoms with Crippen molar-refractivity contribution in [3.05, 3.63) is 30.5 Å². The molecule has 0 unspecified atom stereocenters. The molecule has 128 valence electrons. The zero-order valence-electron chi connectivity index (χ0n) is 14.2.